The van der Waals surface area contributed by atoms with E-state index in [-0.39, 0.29) is 10.8 Å². The first kappa shape index (κ1) is 11.6. The van der Waals surface area contributed by atoms with E-state index in [2.05, 4.69) is 9.88 Å². The van der Waals surface area contributed by atoms with Crippen molar-refractivity contribution in [3.8, 4) is 0 Å². The number of rotatable bonds is 3. The number of nitrogens with one attached hydrogen (secondary N) is 1. The first-order valence-electron chi connectivity index (χ1n) is 4.69. The first-order valence-corrected chi connectivity index (χ1v) is 6.17. The molecule has 0 radical (unpaired) electrons. The Morgan fingerprint density at radius 3 is 2.47 bits per heavy atom. The van der Waals surface area contributed by atoms with Crippen LogP contribution in [0.5, 0.6) is 0 Å². The zero-order valence-corrected chi connectivity index (χ0v) is 9.66. The van der Waals surface area contributed by atoms with Crippen LogP contribution in [0.15, 0.2) is 39.8 Å². The number of benzene rings is 1. The number of nitrogens with zero attached hydrogens (tertiary/aromatic N) is 1. The molecule has 1 heterocycles. The number of anilines is 1. The molecule has 0 spiro atoms. The van der Waals surface area contributed by atoms with E-state index < -0.39 is 15.8 Å². The van der Waals surface area contributed by atoms with Gasteiger partial charge in [0.1, 0.15) is 5.82 Å². The van der Waals surface area contributed by atoms with Crippen molar-refractivity contribution in [3.63, 3.8) is 0 Å². The summed E-state index contributed by atoms with van der Waals surface area (Å²) in [7, 11) is -3.77. The molecule has 2 rings (SSSR count). The minimum Gasteiger partial charge on any atom is -0.338 e. The van der Waals surface area contributed by atoms with E-state index in [0.717, 1.165) is 12.1 Å². The number of hydrogen-bond acceptors (Lipinski definition) is 4. The van der Waals surface area contributed by atoms with E-state index in [1.54, 1.807) is 6.92 Å². The van der Waals surface area contributed by atoms with Gasteiger partial charge in [0.2, 0.25) is 5.88 Å². The number of aryl methyl sites for hydroxylation is 1. The second-order valence-corrected chi connectivity index (χ2v) is 5.07. The minimum absolute atomic E-state index is 0.0202. The Hall–Kier alpha value is -1.89. The highest BCUT2D eigenvalue weighted by atomic mass is 32.2. The zero-order chi connectivity index (χ0) is 12.5. The number of sulfonamides is 1. The summed E-state index contributed by atoms with van der Waals surface area (Å²) in [4.78, 5) is -0.0482. The van der Waals surface area contributed by atoms with Crippen LogP contribution < -0.4 is 4.72 Å². The Bertz CT molecular complexity index is 619. The first-order chi connectivity index (χ1) is 7.97. The van der Waals surface area contributed by atoms with Crippen LogP contribution in [0, 0.1) is 12.7 Å². The molecular formula is C10H9FN2O3S. The van der Waals surface area contributed by atoms with E-state index in [1.165, 1.54) is 18.2 Å². The monoisotopic (exact) mass is 256 g/mol. The molecule has 90 valence electrons. The van der Waals surface area contributed by atoms with Crippen LogP contribution in [0.1, 0.15) is 5.69 Å². The Labute approximate surface area is 97.3 Å². The molecule has 0 bridgehead atoms. The molecule has 0 aliphatic carbocycles. The van der Waals surface area contributed by atoms with Crippen molar-refractivity contribution in [1.29, 1.82) is 0 Å². The largest absolute Gasteiger partial charge is 0.338 e. The van der Waals surface area contributed by atoms with Gasteiger partial charge in [-0.3, -0.25) is 0 Å². The highest BCUT2D eigenvalue weighted by Crippen LogP contribution is 2.16. The fourth-order valence-corrected chi connectivity index (χ4v) is 2.19. The lowest BCUT2D eigenvalue weighted by molar-refractivity contribution is 0.430. The maximum atomic E-state index is 12.7. The molecule has 1 N–H and O–H groups in total. The van der Waals surface area contributed by atoms with E-state index >= 15 is 0 Å². The van der Waals surface area contributed by atoms with Gasteiger partial charge in [-0.1, -0.05) is 5.16 Å². The smallest absolute Gasteiger partial charge is 0.264 e. The van der Waals surface area contributed by atoms with Gasteiger partial charge in [-0.15, -0.1) is 0 Å². The molecule has 0 amide bonds. The van der Waals surface area contributed by atoms with Crippen LogP contribution in [-0.4, -0.2) is 13.6 Å². The summed E-state index contributed by atoms with van der Waals surface area (Å²) in [5.41, 5.74) is 0.557. The van der Waals surface area contributed by atoms with Gasteiger partial charge >= 0.3 is 0 Å². The average Bonchev–Trinajstić information content (AvgIpc) is 2.63. The molecule has 1 aromatic heterocycles. The molecular weight excluding hydrogens is 247 g/mol. The van der Waals surface area contributed by atoms with Crippen molar-refractivity contribution in [2.24, 2.45) is 0 Å². The molecule has 0 unspecified atom stereocenters. The van der Waals surface area contributed by atoms with Crippen LogP contribution in [0.25, 0.3) is 0 Å². The van der Waals surface area contributed by atoms with Crippen LogP contribution in [0.4, 0.5) is 10.3 Å². The molecule has 0 fully saturated rings. The Balaban J connectivity index is 2.28. The minimum atomic E-state index is -3.77. The molecule has 0 saturated heterocycles. The van der Waals surface area contributed by atoms with Gasteiger partial charge in [0.15, 0.2) is 0 Å². The predicted molar refractivity (Wildman–Crippen MR) is 58.4 cm³/mol. The second kappa shape index (κ2) is 4.17. The molecule has 1 aromatic carbocycles. The molecule has 5 nitrogen and oxygen atoms in total. The summed E-state index contributed by atoms with van der Waals surface area (Å²) < 4.78 is 43.2. The third-order valence-corrected chi connectivity index (χ3v) is 3.35. The third-order valence-electron chi connectivity index (χ3n) is 1.99. The molecule has 0 saturated carbocycles. The number of aromatic nitrogens is 1. The molecule has 17 heavy (non-hydrogen) atoms. The Morgan fingerprint density at radius 2 is 1.94 bits per heavy atom. The van der Waals surface area contributed by atoms with Gasteiger partial charge < -0.3 is 4.52 Å². The Kier molecular flexibility index (Phi) is 2.84. The number of hydrogen-bond donors (Lipinski definition) is 1. The summed E-state index contributed by atoms with van der Waals surface area (Å²) in [6, 6.07) is 5.92. The van der Waals surface area contributed by atoms with Crippen molar-refractivity contribution in [2.75, 3.05) is 4.72 Å². The summed E-state index contributed by atoms with van der Waals surface area (Å²) in [6.07, 6.45) is 0. The standard InChI is InChI=1S/C10H9FN2O3S/c1-7-6-10(16-12-7)13-17(14,15)9-4-2-8(11)3-5-9/h2-6,13H,1H3. The Morgan fingerprint density at radius 1 is 1.29 bits per heavy atom. The lowest BCUT2D eigenvalue weighted by Crippen LogP contribution is -2.12. The summed E-state index contributed by atoms with van der Waals surface area (Å²) >= 11 is 0. The normalized spacial score (nSPS) is 11.4. The van der Waals surface area contributed by atoms with Crippen molar-refractivity contribution in [2.45, 2.75) is 11.8 Å². The topological polar surface area (TPSA) is 72.2 Å². The van der Waals surface area contributed by atoms with Crippen molar-refractivity contribution in [3.05, 3.63) is 41.8 Å². The van der Waals surface area contributed by atoms with Gasteiger partial charge in [0.25, 0.3) is 10.0 Å². The van der Waals surface area contributed by atoms with E-state index in [1.807, 2.05) is 0 Å². The van der Waals surface area contributed by atoms with Gasteiger partial charge in [0.05, 0.1) is 10.6 Å². The quantitative estimate of drug-likeness (QED) is 0.910. The lowest BCUT2D eigenvalue weighted by Gasteiger charge is -2.03. The van der Waals surface area contributed by atoms with Crippen molar-refractivity contribution >= 4 is 15.9 Å². The zero-order valence-electron chi connectivity index (χ0n) is 8.84. The average molecular weight is 256 g/mol. The van der Waals surface area contributed by atoms with E-state index in [0.29, 0.717) is 5.69 Å². The highest BCUT2D eigenvalue weighted by molar-refractivity contribution is 7.92. The molecule has 7 heteroatoms. The number of halogens is 1. The van der Waals surface area contributed by atoms with Crippen molar-refractivity contribution in [1.82, 2.24) is 5.16 Å². The predicted octanol–water partition coefficient (Wildman–Crippen LogP) is 1.92. The van der Waals surface area contributed by atoms with E-state index in [4.69, 9.17) is 4.52 Å². The maximum Gasteiger partial charge on any atom is 0.264 e. The maximum absolute atomic E-state index is 12.7. The molecule has 0 aliphatic heterocycles. The molecule has 0 atom stereocenters. The van der Waals surface area contributed by atoms with Gasteiger partial charge in [0, 0.05) is 6.07 Å². The summed E-state index contributed by atoms with van der Waals surface area (Å²) in [5, 5.41) is 3.55. The molecule has 0 aliphatic rings. The van der Waals surface area contributed by atoms with E-state index in [9.17, 15) is 12.8 Å². The second-order valence-electron chi connectivity index (χ2n) is 3.39. The summed E-state index contributed by atoms with van der Waals surface area (Å²) in [5.74, 6) is -0.480. The van der Waals surface area contributed by atoms with Crippen molar-refractivity contribution < 1.29 is 17.3 Å². The lowest BCUT2D eigenvalue weighted by atomic mass is 10.4. The molecule has 2 aromatic rings. The van der Waals surface area contributed by atoms with Crippen LogP contribution in [-0.2, 0) is 10.0 Å². The van der Waals surface area contributed by atoms with Gasteiger partial charge in [-0.2, -0.15) is 0 Å². The third kappa shape index (κ3) is 2.62. The summed E-state index contributed by atoms with van der Waals surface area (Å²) in [6.45, 7) is 1.67. The van der Waals surface area contributed by atoms with Gasteiger partial charge in [-0.05, 0) is 31.2 Å². The van der Waals surface area contributed by atoms with Crippen LogP contribution in [0.2, 0.25) is 0 Å². The van der Waals surface area contributed by atoms with Crippen LogP contribution in [0.3, 0.4) is 0 Å². The fraction of sp³-hybridized carbons (Fsp3) is 0.100. The SMILES string of the molecule is Cc1cc(NS(=O)(=O)c2ccc(F)cc2)on1. The van der Waals surface area contributed by atoms with Crippen LogP contribution >= 0.6 is 0 Å². The fourth-order valence-electron chi connectivity index (χ4n) is 1.22. The highest BCUT2D eigenvalue weighted by Gasteiger charge is 2.16. The van der Waals surface area contributed by atoms with Gasteiger partial charge in [-0.25, -0.2) is 17.5 Å².